The monoisotopic (exact) mass is 544 g/mol. The number of piperazine rings is 1. The van der Waals surface area contributed by atoms with E-state index in [0.717, 1.165) is 37.4 Å². The maximum absolute atomic E-state index is 12.4. The van der Waals surface area contributed by atoms with E-state index in [1.165, 1.54) is 5.69 Å². The van der Waals surface area contributed by atoms with Gasteiger partial charge >= 0.3 is 6.09 Å². The van der Waals surface area contributed by atoms with Crippen molar-refractivity contribution >= 4 is 40.9 Å². The minimum Gasteiger partial charge on any atom is -0.447 e. The van der Waals surface area contributed by atoms with E-state index in [2.05, 4.69) is 39.3 Å². The molecule has 2 aromatic heterocycles. The highest BCUT2D eigenvalue weighted by atomic mass is 16.6. The van der Waals surface area contributed by atoms with E-state index in [1.54, 1.807) is 17.2 Å². The summed E-state index contributed by atoms with van der Waals surface area (Å²) in [5.74, 6) is 2.29. The number of amides is 1. The van der Waals surface area contributed by atoms with Gasteiger partial charge in [-0.15, -0.1) is 0 Å². The zero-order valence-corrected chi connectivity index (χ0v) is 23.4. The number of carbonyl (C=O) groups is 1. The average molecular weight is 545 g/mol. The molecule has 0 saturated carbocycles. The lowest BCUT2D eigenvalue weighted by molar-refractivity contribution is 0.179. The molecule has 0 unspecified atom stereocenters. The Morgan fingerprint density at radius 3 is 2.38 bits per heavy atom. The lowest BCUT2D eigenvalue weighted by Gasteiger charge is -2.34. The van der Waals surface area contributed by atoms with Crippen molar-refractivity contribution < 1.29 is 14.6 Å². The molecule has 2 N–H and O–H groups in total. The molecule has 5 heterocycles. The number of benzene rings is 1. The predicted molar refractivity (Wildman–Crippen MR) is 155 cm³/mol. The summed E-state index contributed by atoms with van der Waals surface area (Å²) in [5, 5.41) is 13.8. The van der Waals surface area contributed by atoms with Crippen molar-refractivity contribution in [3.05, 3.63) is 54.2 Å². The zero-order chi connectivity index (χ0) is 28.0. The summed E-state index contributed by atoms with van der Waals surface area (Å²) < 4.78 is 5.21. The Labute approximate surface area is 234 Å². The van der Waals surface area contributed by atoms with Gasteiger partial charge in [-0.1, -0.05) is 13.0 Å². The van der Waals surface area contributed by atoms with Gasteiger partial charge < -0.3 is 29.9 Å². The number of carbonyl (C=O) groups excluding carboxylic acids is 1. The van der Waals surface area contributed by atoms with E-state index in [4.69, 9.17) is 14.7 Å². The standard InChI is InChI=1S/C29H36N8O3/c1-19-17-40-28(39)36(19)24-6-5-7-25(32-24)37-20(2)29(3,18-38)23-16-30-27(33-26(23)37)31-21-8-10-22(11-9-21)35-14-12-34(4)13-15-35/h5-11,16,19-20,38H,12-15,17-18H2,1-4H3,(H,30,31,33)/t19-,20-,29+/m0/s1. The van der Waals surface area contributed by atoms with Gasteiger partial charge in [-0.25, -0.2) is 14.8 Å². The third kappa shape index (κ3) is 4.48. The molecule has 11 heteroatoms. The number of rotatable bonds is 6. The third-order valence-corrected chi connectivity index (χ3v) is 8.54. The van der Waals surface area contributed by atoms with Crippen LogP contribution in [0.3, 0.4) is 0 Å². The number of aromatic nitrogens is 3. The molecule has 0 aliphatic carbocycles. The van der Waals surface area contributed by atoms with Gasteiger partial charge in [0.05, 0.1) is 12.6 Å². The van der Waals surface area contributed by atoms with Crippen LogP contribution in [0.15, 0.2) is 48.7 Å². The van der Waals surface area contributed by atoms with Gasteiger partial charge in [0.25, 0.3) is 0 Å². The molecule has 3 aliphatic rings. The number of likely N-dealkylation sites (N-methyl/N-ethyl adjacent to an activating group) is 1. The first kappa shape index (κ1) is 26.3. The lowest BCUT2D eigenvalue weighted by Crippen LogP contribution is -2.44. The minimum atomic E-state index is -0.602. The fraction of sp³-hybridized carbons (Fsp3) is 0.448. The normalized spacial score (nSPS) is 24.8. The van der Waals surface area contributed by atoms with Crippen LogP contribution in [-0.4, -0.2) is 89.6 Å². The molecule has 3 atom stereocenters. The molecule has 6 rings (SSSR count). The van der Waals surface area contributed by atoms with E-state index in [-0.39, 0.29) is 18.7 Å². The first-order valence-corrected chi connectivity index (χ1v) is 13.8. The number of anilines is 6. The molecule has 2 fully saturated rings. The van der Waals surface area contributed by atoms with E-state index >= 15 is 0 Å². The number of hydrogen-bond donors (Lipinski definition) is 2. The molecule has 3 aliphatic heterocycles. The number of nitrogens with zero attached hydrogens (tertiary/aromatic N) is 7. The van der Waals surface area contributed by atoms with Crippen LogP contribution < -0.4 is 20.0 Å². The van der Waals surface area contributed by atoms with Crippen molar-refractivity contribution in [2.75, 3.05) is 66.5 Å². The minimum absolute atomic E-state index is 0.0727. The highest BCUT2D eigenvalue weighted by Gasteiger charge is 2.48. The second kappa shape index (κ2) is 10.2. The Bertz CT molecular complexity index is 1390. The Kier molecular flexibility index (Phi) is 6.71. The van der Waals surface area contributed by atoms with Crippen LogP contribution in [0, 0.1) is 0 Å². The fourth-order valence-electron chi connectivity index (χ4n) is 5.70. The zero-order valence-electron chi connectivity index (χ0n) is 23.4. The molecule has 0 spiro atoms. The number of hydrogen-bond acceptors (Lipinski definition) is 10. The molecule has 1 amide bonds. The lowest BCUT2D eigenvalue weighted by atomic mass is 9.81. The number of aliphatic hydroxyl groups is 1. The molecule has 40 heavy (non-hydrogen) atoms. The quantitative estimate of drug-likeness (QED) is 0.478. The van der Waals surface area contributed by atoms with E-state index in [9.17, 15) is 9.90 Å². The fourth-order valence-corrected chi connectivity index (χ4v) is 5.70. The summed E-state index contributed by atoms with van der Waals surface area (Å²) in [4.78, 5) is 35.0. The number of aliphatic hydroxyl groups excluding tert-OH is 1. The molecule has 0 bridgehead atoms. The maximum Gasteiger partial charge on any atom is 0.415 e. The number of pyridine rings is 1. The van der Waals surface area contributed by atoms with Gasteiger partial charge in [-0.2, -0.15) is 4.98 Å². The number of cyclic esters (lactones) is 1. The molecule has 3 aromatic rings. The number of ether oxygens (including phenoxy) is 1. The summed E-state index contributed by atoms with van der Waals surface area (Å²) in [6, 6.07) is 13.6. The summed E-state index contributed by atoms with van der Waals surface area (Å²) in [5.41, 5.74) is 2.34. The van der Waals surface area contributed by atoms with Crippen molar-refractivity contribution in [2.45, 2.75) is 38.3 Å². The van der Waals surface area contributed by atoms with Gasteiger partial charge in [-0.05, 0) is 57.3 Å². The van der Waals surface area contributed by atoms with Crippen molar-refractivity contribution in [1.82, 2.24) is 19.9 Å². The van der Waals surface area contributed by atoms with Gasteiger partial charge in [0.15, 0.2) is 0 Å². The highest BCUT2D eigenvalue weighted by molar-refractivity contribution is 5.89. The largest absolute Gasteiger partial charge is 0.447 e. The van der Waals surface area contributed by atoms with Crippen LogP contribution in [0.1, 0.15) is 26.3 Å². The van der Waals surface area contributed by atoms with Crippen LogP contribution in [0.5, 0.6) is 0 Å². The first-order chi connectivity index (χ1) is 19.3. The molecule has 11 nitrogen and oxygen atoms in total. The smallest absolute Gasteiger partial charge is 0.415 e. The topological polar surface area (TPSA) is 110 Å². The van der Waals surface area contributed by atoms with Crippen LogP contribution in [0.4, 0.5) is 39.6 Å². The second-order valence-electron chi connectivity index (χ2n) is 11.2. The second-order valence-corrected chi connectivity index (χ2v) is 11.2. The number of nitrogens with one attached hydrogen (secondary N) is 1. The van der Waals surface area contributed by atoms with E-state index in [1.807, 2.05) is 49.9 Å². The summed E-state index contributed by atoms with van der Waals surface area (Å²) in [7, 11) is 2.16. The Hall–Kier alpha value is -3.96. The van der Waals surface area contributed by atoms with Crippen molar-refractivity contribution in [1.29, 1.82) is 0 Å². The Morgan fingerprint density at radius 2 is 1.73 bits per heavy atom. The average Bonchev–Trinajstić information content (AvgIpc) is 3.41. The predicted octanol–water partition coefficient (Wildman–Crippen LogP) is 3.50. The third-order valence-electron chi connectivity index (χ3n) is 8.54. The molecular weight excluding hydrogens is 508 g/mol. The van der Waals surface area contributed by atoms with Crippen molar-refractivity contribution in [2.24, 2.45) is 0 Å². The molecule has 2 saturated heterocycles. The maximum atomic E-state index is 12.4. The van der Waals surface area contributed by atoms with Crippen LogP contribution in [0.25, 0.3) is 0 Å². The summed E-state index contributed by atoms with van der Waals surface area (Å²) >= 11 is 0. The van der Waals surface area contributed by atoms with E-state index < -0.39 is 11.5 Å². The Morgan fingerprint density at radius 1 is 1.02 bits per heavy atom. The van der Waals surface area contributed by atoms with E-state index in [0.29, 0.717) is 30.0 Å². The number of fused-ring (bicyclic) bond motifs is 1. The van der Waals surface area contributed by atoms with Crippen LogP contribution in [-0.2, 0) is 10.2 Å². The highest BCUT2D eigenvalue weighted by Crippen LogP contribution is 2.47. The molecule has 1 aromatic carbocycles. The summed E-state index contributed by atoms with van der Waals surface area (Å²) in [6.07, 6.45) is 1.39. The van der Waals surface area contributed by atoms with Crippen LogP contribution in [0.2, 0.25) is 0 Å². The molecular formula is C29H36N8O3. The van der Waals surface area contributed by atoms with Gasteiger partial charge in [-0.3, -0.25) is 4.90 Å². The Balaban J connectivity index is 1.29. The van der Waals surface area contributed by atoms with Crippen molar-refractivity contribution in [3.63, 3.8) is 0 Å². The van der Waals surface area contributed by atoms with Gasteiger partial charge in [0.2, 0.25) is 5.95 Å². The molecule has 210 valence electrons. The van der Waals surface area contributed by atoms with Crippen LogP contribution >= 0.6 is 0 Å². The van der Waals surface area contributed by atoms with Gasteiger partial charge in [0, 0.05) is 60.8 Å². The van der Waals surface area contributed by atoms with Crippen molar-refractivity contribution in [3.8, 4) is 0 Å². The summed E-state index contributed by atoms with van der Waals surface area (Å²) in [6.45, 7) is 10.4. The SMILES string of the molecule is C[C@@H]1N(c2cccc(N3C(=O)OC[C@@H]3C)n2)c2nc(Nc3ccc(N4CCN(C)CC4)cc3)ncc2[C@]1(C)CO. The van der Waals surface area contributed by atoms with Gasteiger partial charge in [0.1, 0.15) is 24.1 Å². The first-order valence-electron chi connectivity index (χ1n) is 13.8. The molecule has 0 radical (unpaired) electrons.